The van der Waals surface area contributed by atoms with E-state index in [0.717, 1.165) is 6.92 Å². The maximum absolute atomic E-state index is 13.3. The Bertz CT molecular complexity index is 1150. The van der Waals surface area contributed by atoms with Gasteiger partial charge in [-0.25, -0.2) is 4.79 Å². The average Bonchev–Trinajstić information content (AvgIpc) is 3.06. The van der Waals surface area contributed by atoms with Crippen LogP contribution in [0.4, 0.5) is 37.7 Å². The van der Waals surface area contributed by atoms with E-state index in [4.69, 9.17) is 11.6 Å². The summed E-state index contributed by atoms with van der Waals surface area (Å²) in [4.78, 5) is 26.7. The molecule has 1 saturated heterocycles. The van der Waals surface area contributed by atoms with Gasteiger partial charge in [0.2, 0.25) is 5.91 Å². The molecule has 0 bridgehead atoms. The van der Waals surface area contributed by atoms with Crippen molar-refractivity contribution < 1.29 is 41.0 Å². The molecule has 15 heteroatoms. The normalized spacial score (nSPS) is 17.7. The lowest BCUT2D eigenvalue weighted by Gasteiger charge is -2.34. The summed E-state index contributed by atoms with van der Waals surface area (Å²) in [5, 5.41) is 17.2. The number of hydrogen-bond donors (Lipinski definition) is 3. The van der Waals surface area contributed by atoms with E-state index in [1.807, 2.05) is 11.8 Å². The van der Waals surface area contributed by atoms with Crippen LogP contribution in [-0.4, -0.2) is 58.6 Å². The van der Waals surface area contributed by atoms with E-state index in [1.54, 1.807) is 0 Å². The van der Waals surface area contributed by atoms with Gasteiger partial charge in [0.05, 0.1) is 28.4 Å². The number of carboxylic acids is 1. The first-order valence-electron chi connectivity index (χ1n) is 10.6. The number of aromatic carboxylic acids is 1. The number of halogens is 7. The maximum atomic E-state index is 13.3. The van der Waals surface area contributed by atoms with Crippen LogP contribution in [-0.2, 0) is 11.0 Å². The van der Waals surface area contributed by atoms with E-state index in [9.17, 15) is 41.0 Å². The molecule has 2 aromatic rings. The van der Waals surface area contributed by atoms with Gasteiger partial charge >= 0.3 is 18.3 Å². The van der Waals surface area contributed by atoms with Crippen LogP contribution in [0.5, 0.6) is 0 Å². The zero-order valence-corrected chi connectivity index (χ0v) is 19.7. The van der Waals surface area contributed by atoms with Crippen LogP contribution in [0.15, 0.2) is 18.2 Å². The van der Waals surface area contributed by atoms with Gasteiger partial charge in [0.25, 0.3) is 0 Å². The summed E-state index contributed by atoms with van der Waals surface area (Å²) in [6.07, 6.45) is -11.9. The molecule has 1 fully saturated rings. The van der Waals surface area contributed by atoms with Gasteiger partial charge in [-0.2, -0.15) is 31.4 Å². The summed E-state index contributed by atoms with van der Waals surface area (Å²) in [6, 6.07) is 1.83. The Morgan fingerprint density at radius 2 is 1.94 bits per heavy atom. The third kappa shape index (κ3) is 6.22. The first-order valence-corrected chi connectivity index (χ1v) is 11.0. The molecule has 2 atom stereocenters. The molecule has 2 heterocycles. The second-order valence-corrected chi connectivity index (χ2v) is 8.73. The molecule has 0 aliphatic carbocycles. The predicted molar refractivity (Wildman–Crippen MR) is 118 cm³/mol. The van der Waals surface area contributed by atoms with Gasteiger partial charge in [-0.1, -0.05) is 11.6 Å². The van der Waals surface area contributed by atoms with Crippen molar-refractivity contribution in [2.75, 3.05) is 29.9 Å². The highest BCUT2D eigenvalue weighted by Crippen LogP contribution is 2.38. The topological polar surface area (TPSA) is 99.5 Å². The second kappa shape index (κ2) is 10.2. The number of amides is 1. The van der Waals surface area contributed by atoms with Crippen LogP contribution >= 0.6 is 11.6 Å². The van der Waals surface area contributed by atoms with Crippen molar-refractivity contribution in [3.8, 4) is 0 Å². The molecule has 1 aromatic carbocycles. The van der Waals surface area contributed by atoms with Gasteiger partial charge in [-0.15, -0.1) is 0 Å². The molecule has 3 N–H and O–H groups in total. The number of benzene rings is 1. The average molecular weight is 542 g/mol. The fourth-order valence-corrected chi connectivity index (χ4v) is 4.12. The quantitative estimate of drug-likeness (QED) is 0.466. The van der Waals surface area contributed by atoms with Crippen LogP contribution in [0.1, 0.15) is 41.1 Å². The van der Waals surface area contributed by atoms with Crippen LogP contribution in [0.2, 0.25) is 5.02 Å². The third-order valence-electron chi connectivity index (χ3n) is 5.59. The number of nitrogens with one attached hydrogen (secondary N) is 2. The summed E-state index contributed by atoms with van der Waals surface area (Å²) in [7, 11) is 0. The SMILES string of the molecule is Cc1c(Cl)c(C(F)(F)F)nn1[C@@H](CC(F)(F)F)C(=O)Nc1ccc(N2CCN[C@@H](C)C2)cc1C(=O)O. The van der Waals surface area contributed by atoms with E-state index >= 15 is 0 Å². The van der Waals surface area contributed by atoms with Gasteiger partial charge in [0.15, 0.2) is 5.69 Å². The van der Waals surface area contributed by atoms with Gasteiger partial charge in [-0.3, -0.25) is 9.48 Å². The van der Waals surface area contributed by atoms with E-state index in [1.165, 1.54) is 18.2 Å². The molecular formula is C21H22ClF6N5O3. The Hall–Kier alpha value is -3.00. The van der Waals surface area contributed by atoms with Crippen molar-refractivity contribution in [1.29, 1.82) is 0 Å². The molecule has 0 unspecified atom stereocenters. The highest BCUT2D eigenvalue weighted by atomic mass is 35.5. The van der Waals surface area contributed by atoms with Crippen LogP contribution in [0, 0.1) is 6.92 Å². The van der Waals surface area contributed by atoms with Crippen molar-refractivity contribution in [3.63, 3.8) is 0 Å². The molecular weight excluding hydrogens is 520 g/mol. The van der Waals surface area contributed by atoms with E-state index in [2.05, 4.69) is 15.7 Å². The minimum Gasteiger partial charge on any atom is -0.478 e. The van der Waals surface area contributed by atoms with Crippen molar-refractivity contribution in [2.24, 2.45) is 0 Å². The van der Waals surface area contributed by atoms with Crippen molar-refractivity contribution >= 4 is 34.9 Å². The lowest BCUT2D eigenvalue weighted by Crippen LogP contribution is -2.49. The molecule has 3 rings (SSSR count). The molecule has 8 nitrogen and oxygen atoms in total. The Morgan fingerprint density at radius 3 is 2.47 bits per heavy atom. The zero-order valence-electron chi connectivity index (χ0n) is 19.0. The molecule has 0 spiro atoms. The largest absolute Gasteiger partial charge is 0.478 e. The lowest BCUT2D eigenvalue weighted by atomic mass is 10.1. The first-order chi connectivity index (χ1) is 16.6. The minimum atomic E-state index is -5.07. The lowest BCUT2D eigenvalue weighted by molar-refractivity contribution is -0.152. The van der Waals surface area contributed by atoms with Crippen molar-refractivity contribution in [2.45, 2.75) is 44.7 Å². The predicted octanol–water partition coefficient (Wildman–Crippen LogP) is 4.49. The summed E-state index contributed by atoms with van der Waals surface area (Å²) in [5.74, 6) is -2.87. The van der Waals surface area contributed by atoms with Crippen LogP contribution in [0.3, 0.4) is 0 Å². The number of alkyl halides is 6. The summed E-state index contributed by atoms with van der Waals surface area (Å²) in [6.45, 7) is 4.72. The number of carbonyl (C=O) groups excluding carboxylic acids is 1. The summed E-state index contributed by atoms with van der Waals surface area (Å²) < 4.78 is 79.7. The molecule has 1 aliphatic rings. The number of hydrogen-bond acceptors (Lipinski definition) is 5. The third-order valence-corrected chi connectivity index (χ3v) is 6.05. The van der Waals surface area contributed by atoms with Gasteiger partial charge in [0, 0.05) is 31.4 Å². The monoisotopic (exact) mass is 541 g/mol. The first kappa shape index (κ1) is 27.6. The van der Waals surface area contributed by atoms with Gasteiger partial charge in [-0.05, 0) is 32.0 Å². The number of anilines is 2. The van der Waals surface area contributed by atoms with Crippen molar-refractivity contribution in [3.05, 3.63) is 40.2 Å². The number of carboxylic acid groups (broad SMARTS) is 1. The number of carbonyl (C=O) groups is 2. The van der Waals surface area contributed by atoms with Gasteiger partial charge < -0.3 is 20.6 Å². The summed E-state index contributed by atoms with van der Waals surface area (Å²) >= 11 is 5.64. The number of rotatable bonds is 6. The minimum absolute atomic E-state index is 0.125. The second-order valence-electron chi connectivity index (χ2n) is 8.35. The molecule has 0 saturated carbocycles. The molecule has 198 valence electrons. The number of aromatic nitrogens is 2. The van der Waals surface area contributed by atoms with Crippen LogP contribution < -0.4 is 15.5 Å². The Kier molecular flexibility index (Phi) is 7.79. The van der Waals surface area contributed by atoms with E-state index in [-0.39, 0.29) is 16.4 Å². The summed E-state index contributed by atoms with van der Waals surface area (Å²) in [5.41, 5.74) is -2.34. The highest BCUT2D eigenvalue weighted by Gasteiger charge is 2.42. The molecule has 1 aliphatic heterocycles. The smallest absolute Gasteiger partial charge is 0.436 e. The standard InChI is InChI=1S/C21H22ClF6N5O3/c1-10-9-32(6-5-29-10)12-3-4-14(13(7-12)19(35)36)30-18(34)15(8-20(23,24)25)33-11(2)16(22)17(31-33)21(26,27)28/h3-4,7,10,15,29H,5-6,8-9H2,1-2H3,(H,30,34)(H,35,36)/t10-,15-/m0/s1. The Balaban J connectivity index is 1.97. The fraction of sp³-hybridized carbons (Fsp3) is 0.476. The fourth-order valence-electron chi connectivity index (χ4n) is 3.89. The molecule has 1 aromatic heterocycles. The number of nitrogens with zero attached hydrogens (tertiary/aromatic N) is 3. The van der Waals surface area contributed by atoms with Crippen LogP contribution in [0.25, 0.3) is 0 Å². The number of piperazine rings is 1. The van der Waals surface area contributed by atoms with Gasteiger partial charge in [0.1, 0.15) is 6.04 Å². The molecule has 1 amide bonds. The van der Waals surface area contributed by atoms with E-state index in [0.29, 0.717) is 25.3 Å². The van der Waals surface area contributed by atoms with Crippen molar-refractivity contribution in [1.82, 2.24) is 15.1 Å². The maximum Gasteiger partial charge on any atom is 0.436 e. The molecule has 0 radical (unpaired) electrons. The highest BCUT2D eigenvalue weighted by molar-refractivity contribution is 6.32. The zero-order chi connectivity index (χ0) is 27.0. The Morgan fingerprint density at radius 1 is 1.28 bits per heavy atom. The Labute approximate surface area is 206 Å². The molecule has 36 heavy (non-hydrogen) atoms. The van der Waals surface area contributed by atoms with E-state index < -0.39 is 58.7 Å².